The molecule has 220 valence electrons. The molecule has 0 aromatic rings. The van der Waals surface area contributed by atoms with Gasteiger partial charge in [0, 0.05) is 0 Å². The molecule has 0 aromatic carbocycles. The molecule has 0 fully saturated rings. The summed E-state index contributed by atoms with van der Waals surface area (Å²) in [6.07, 6.45) is 29.3. The molecule has 5 heteroatoms. The average Bonchev–Trinajstić information content (AvgIpc) is 2.90. The first kappa shape index (κ1) is 36.1. The third-order valence-electron chi connectivity index (χ3n) is 7.38. The van der Waals surface area contributed by atoms with Crippen LogP contribution in [0.5, 0.6) is 0 Å². The Kier molecular flexibility index (Phi) is 27.4. The van der Waals surface area contributed by atoms with Gasteiger partial charge in [-0.2, -0.15) is 0 Å². The molecule has 3 atom stereocenters. The van der Waals surface area contributed by atoms with Crippen LogP contribution in [-0.2, 0) is 4.79 Å². The molecular formula is C32H63NO4. The van der Waals surface area contributed by atoms with Crippen LogP contribution in [0.4, 0.5) is 0 Å². The van der Waals surface area contributed by atoms with Gasteiger partial charge in [-0.15, -0.1) is 0 Å². The van der Waals surface area contributed by atoms with Crippen LogP contribution in [0, 0.1) is 0 Å². The van der Waals surface area contributed by atoms with Crippen molar-refractivity contribution in [2.24, 2.45) is 0 Å². The standard InChI is InChI=1S/C32H63NO4/c1-3-5-7-9-11-13-15-17-19-21-23-25-27-31(36)32(37)33-29(28-34)30(35)26-24-22-20-18-16-14-12-10-8-6-4-2/h24,26,29-31,34-36H,3-23,25,27-28H2,1-2H3,(H,33,37)/b26-24+. The number of carbonyl (C=O) groups excluding carboxylic acids is 1. The molecule has 0 aliphatic heterocycles. The van der Waals surface area contributed by atoms with Crippen molar-refractivity contribution < 1.29 is 20.1 Å². The number of nitrogens with one attached hydrogen (secondary N) is 1. The monoisotopic (exact) mass is 525 g/mol. The van der Waals surface area contributed by atoms with Crippen molar-refractivity contribution in [3.05, 3.63) is 12.2 Å². The smallest absolute Gasteiger partial charge is 0.249 e. The van der Waals surface area contributed by atoms with Gasteiger partial charge >= 0.3 is 0 Å². The van der Waals surface area contributed by atoms with Gasteiger partial charge in [0.2, 0.25) is 5.91 Å². The first-order chi connectivity index (χ1) is 18.1. The van der Waals surface area contributed by atoms with Crippen molar-refractivity contribution in [2.45, 2.75) is 180 Å². The normalized spacial score (nSPS) is 14.2. The Morgan fingerprint density at radius 3 is 1.49 bits per heavy atom. The van der Waals surface area contributed by atoms with Crippen LogP contribution in [-0.4, -0.2) is 46.1 Å². The lowest BCUT2D eigenvalue weighted by atomic mass is 10.0. The third-order valence-corrected chi connectivity index (χ3v) is 7.38. The molecule has 0 spiro atoms. The molecular weight excluding hydrogens is 462 g/mol. The number of aliphatic hydroxyl groups is 3. The second-order valence-electron chi connectivity index (χ2n) is 11.0. The summed E-state index contributed by atoms with van der Waals surface area (Å²) in [5.74, 6) is -0.506. The number of carbonyl (C=O) groups is 1. The summed E-state index contributed by atoms with van der Waals surface area (Å²) < 4.78 is 0. The van der Waals surface area contributed by atoms with Crippen molar-refractivity contribution in [2.75, 3.05) is 6.61 Å². The summed E-state index contributed by atoms with van der Waals surface area (Å²) in [6.45, 7) is 4.13. The first-order valence-corrected chi connectivity index (χ1v) is 16.0. The van der Waals surface area contributed by atoms with Gasteiger partial charge in [-0.05, 0) is 19.3 Å². The molecule has 0 bridgehead atoms. The highest BCUT2D eigenvalue weighted by atomic mass is 16.3. The van der Waals surface area contributed by atoms with Gasteiger partial charge in [0.25, 0.3) is 0 Å². The SMILES string of the molecule is CCCCCCCCCCC/C=C/C(O)C(CO)NC(=O)C(O)CCCCCCCCCCCCCC. The number of aliphatic hydroxyl groups excluding tert-OH is 3. The Balaban J connectivity index is 3.80. The zero-order valence-corrected chi connectivity index (χ0v) is 24.6. The largest absolute Gasteiger partial charge is 0.394 e. The van der Waals surface area contributed by atoms with E-state index in [0.717, 1.165) is 32.1 Å². The summed E-state index contributed by atoms with van der Waals surface area (Å²) in [7, 11) is 0. The van der Waals surface area contributed by atoms with E-state index < -0.39 is 24.2 Å². The molecule has 0 heterocycles. The maximum Gasteiger partial charge on any atom is 0.249 e. The Hall–Kier alpha value is -0.910. The number of amides is 1. The molecule has 4 N–H and O–H groups in total. The summed E-state index contributed by atoms with van der Waals surface area (Å²) in [4.78, 5) is 12.3. The Bertz CT molecular complexity index is 511. The zero-order chi connectivity index (χ0) is 27.4. The fourth-order valence-electron chi connectivity index (χ4n) is 4.77. The van der Waals surface area contributed by atoms with Crippen molar-refractivity contribution in [1.29, 1.82) is 0 Å². The van der Waals surface area contributed by atoms with E-state index in [9.17, 15) is 20.1 Å². The molecule has 3 unspecified atom stereocenters. The minimum atomic E-state index is -1.09. The lowest BCUT2D eigenvalue weighted by Crippen LogP contribution is -2.48. The maximum absolute atomic E-state index is 12.3. The van der Waals surface area contributed by atoms with Gasteiger partial charge in [-0.1, -0.05) is 154 Å². The summed E-state index contributed by atoms with van der Waals surface area (Å²) in [6, 6.07) is -0.788. The molecule has 1 amide bonds. The maximum atomic E-state index is 12.3. The first-order valence-electron chi connectivity index (χ1n) is 16.0. The van der Waals surface area contributed by atoms with Crippen LogP contribution in [0.15, 0.2) is 12.2 Å². The molecule has 0 rings (SSSR count). The topological polar surface area (TPSA) is 89.8 Å². The third kappa shape index (κ3) is 23.9. The van der Waals surface area contributed by atoms with E-state index >= 15 is 0 Å². The molecule has 0 aromatic heterocycles. The van der Waals surface area contributed by atoms with Gasteiger partial charge < -0.3 is 20.6 Å². The van der Waals surface area contributed by atoms with Crippen molar-refractivity contribution in [1.82, 2.24) is 5.32 Å². The lowest BCUT2D eigenvalue weighted by Gasteiger charge is -2.21. The van der Waals surface area contributed by atoms with E-state index in [4.69, 9.17) is 0 Å². The van der Waals surface area contributed by atoms with Crippen LogP contribution in [0.2, 0.25) is 0 Å². The lowest BCUT2D eigenvalue weighted by molar-refractivity contribution is -0.131. The van der Waals surface area contributed by atoms with E-state index in [1.54, 1.807) is 6.08 Å². The molecule has 5 nitrogen and oxygen atoms in total. The predicted octanol–water partition coefficient (Wildman–Crippen LogP) is 7.75. The average molecular weight is 526 g/mol. The van der Waals surface area contributed by atoms with Crippen molar-refractivity contribution >= 4 is 5.91 Å². The number of allylic oxidation sites excluding steroid dienone is 1. The molecule has 0 radical (unpaired) electrons. The minimum absolute atomic E-state index is 0.361. The zero-order valence-electron chi connectivity index (χ0n) is 24.6. The van der Waals surface area contributed by atoms with Crippen LogP contribution in [0.3, 0.4) is 0 Å². The van der Waals surface area contributed by atoms with E-state index in [0.29, 0.717) is 6.42 Å². The quantitative estimate of drug-likeness (QED) is 0.0621. The van der Waals surface area contributed by atoms with Gasteiger partial charge in [-0.25, -0.2) is 0 Å². The summed E-state index contributed by atoms with van der Waals surface area (Å²) in [5, 5.41) is 32.7. The fourth-order valence-corrected chi connectivity index (χ4v) is 4.77. The predicted molar refractivity (Wildman–Crippen MR) is 158 cm³/mol. The Morgan fingerprint density at radius 1 is 0.649 bits per heavy atom. The molecule has 0 saturated carbocycles. The highest BCUT2D eigenvalue weighted by molar-refractivity contribution is 5.80. The van der Waals surface area contributed by atoms with Crippen LogP contribution >= 0.6 is 0 Å². The molecule has 0 aliphatic carbocycles. The highest BCUT2D eigenvalue weighted by Gasteiger charge is 2.22. The fraction of sp³-hybridized carbons (Fsp3) is 0.906. The van der Waals surface area contributed by atoms with Crippen LogP contribution in [0.25, 0.3) is 0 Å². The van der Waals surface area contributed by atoms with E-state index in [-0.39, 0.29) is 6.61 Å². The minimum Gasteiger partial charge on any atom is -0.394 e. The second kappa shape index (κ2) is 28.1. The Morgan fingerprint density at radius 2 is 1.05 bits per heavy atom. The second-order valence-corrected chi connectivity index (χ2v) is 11.0. The van der Waals surface area contributed by atoms with E-state index in [1.807, 2.05) is 6.08 Å². The Labute approximate surface area is 229 Å². The van der Waals surface area contributed by atoms with Gasteiger partial charge in [0.1, 0.15) is 6.10 Å². The van der Waals surface area contributed by atoms with Crippen LogP contribution < -0.4 is 5.32 Å². The van der Waals surface area contributed by atoms with Gasteiger partial charge in [-0.3, -0.25) is 4.79 Å². The summed E-state index contributed by atoms with van der Waals surface area (Å²) >= 11 is 0. The van der Waals surface area contributed by atoms with Gasteiger partial charge in [0.15, 0.2) is 0 Å². The van der Waals surface area contributed by atoms with E-state index in [2.05, 4.69) is 19.2 Å². The highest BCUT2D eigenvalue weighted by Crippen LogP contribution is 2.14. The number of hydrogen-bond donors (Lipinski definition) is 4. The molecule has 0 aliphatic rings. The molecule has 37 heavy (non-hydrogen) atoms. The number of hydrogen-bond acceptors (Lipinski definition) is 4. The molecule has 0 saturated heterocycles. The van der Waals surface area contributed by atoms with Crippen molar-refractivity contribution in [3.8, 4) is 0 Å². The van der Waals surface area contributed by atoms with Gasteiger partial charge in [0.05, 0.1) is 18.8 Å². The van der Waals surface area contributed by atoms with Crippen molar-refractivity contribution in [3.63, 3.8) is 0 Å². The van der Waals surface area contributed by atoms with Crippen LogP contribution in [0.1, 0.15) is 162 Å². The van der Waals surface area contributed by atoms with E-state index in [1.165, 1.54) is 109 Å². The number of unbranched alkanes of at least 4 members (excludes halogenated alkanes) is 20. The summed E-state index contributed by atoms with van der Waals surface area (Å²) in [5.41, 5.74) is 0. The number of rotatable bonds is 28.